The van der Waals surface area contributed by atoms with Crippen LogP contribution in [0.4, 0.5) is 10.5 Å². The molecule has 43 heavy (non-hydrogen) atoms. The lowest BCUT2D eigenvalue weighted by molar-refractivity contribution is -0.136. The summed E-state index contributed by atoms with van der Waals surface area (Å²) in [6.07, 6.45) is 3.33. The van der Waals surface area contributed by atoms with E-state index in [-0.39, 0.29) is 36.8 Å². The number of amides is 2. The molecule has 9 nitrogen and oxygen atoms in total. The number of hydrazone groups is 1. The Morgan fingerprint density at radius 2 is 1.79 bits per heavy atom. The molecule has 1 heterocycles. The highest BCUT2D eigenvalue weighted by atomic mass is 35.5. The number of hydrogen-bond acceptors (Lipinski definition) is 6. The first-order valence-corrected chi connectivity index (χ1v) is 14.9. The van der Waals surface area contributed by atoms with Crippen LogP contribution in [-0.2, 0) is 38.4 Å². The molecule has 2 aliphatic carbocycles. The number of rotatable bonds is 8. The number of hydrogen-bond donors (Lipinski definition) is 2. The maximum atomic E-state index is 13.9. The second-order valence-corrected chi connectivity index (χ2v) is 11.7. The van der Waals surface area contributed by atoms with Crippen molar-refractivity contribution in [2.45, 2.75) is 57.1 Å². The van der Waals surface area contributed by atoms with E-state index in [1.807, 2.05) is 42.5 Å². The van der Waals surface area contributed by atoms with Gasteiger partial charge in [0.1, 0.15) is 6.10 Å². The van der Waals surface area contributed by atoms with Crippen molar-refractivity contribution in [3.05, 3.63) is 99.6 Å². The molecule has 0 radical (unpaired) electrons. The minimum Gasteiger partial charge on any atom is -0.466 e. The fraction of sp³-hybridized carbons (Fsp3) is 0.333. The first-order chi connectivity index (χ1) is 20.8. The number of ether oxygens (including phenoxy) is 2. The number of halogens is 1. The number of carboxylic acid groups (broad SMARTS) is 1. The van der Waals surface area contributed by atoms with E-state index in [0.29, 0.717) is 29.4 Å². The van der Waals surface area contributed by atoms with Crippen LogP contribution in [0.3, 0.4) is 0 Å². The highest BCUT2D eigenvalue weighted by Gasteiger charge is 2.34. The molecule has 2 amide bonds. The first-order valence-electron chi connectivity index (χ1n) is 14.5. The second kappa shape index (κ2) is 12.5. The summed E-state index contributed by atoms with van der Waals surface area (Å²) in [5, 5.41) is 18.7. The highest BCUT2D eigenvalue weighted by molar-refractivity contribution is 6.30. The Morgan fingerprint density at radius 1 is 1.05 bits per heavy atom. The molecule has 222 valence electrons. The first kappa shape index (κ1) is 28.7. The molecule has 2 atom stereocenters. The van der Waals surface area contributed by atoms with Crippen molar-refractivity contribution < 1.29 is 29.0 Å². The maximum Gasteiger partial charge on any atom is 0.506 e. The van der Waals surface area contributed by atoms with Crippen LogP contribution in [0, 0.1) is 5.92 Å². The molecule has 3 aromatic rings. The van der Waals surface area contributed by atoms with Gasteiger partial charge in [-0.2, -0.15) is 0 Å². The third kappa shape index (κ3) is 6.51. The second-order valence-electron chi connectivity index (χ2n) is 11.3. The van der Waals surface area contributed by atoms with Gasteiger partial charge in [-0.3, -0.25) is 9.59 Å². The summed E-state index contributed by atoms with van der Waals surface area (Å²) >= 11 is 6.00. The molecule has 2 unspecified atom stereocenters. The van der Waals surface area contributed by atoms with Gasteiger partial charge in [-0.05, 0) is 71.3 Å². The Hall–Kier alpha value is -4.37. The van der Waals surface area contributed by atoms with Gasteiger partial charge in [0.25, 0.3) is 5.91 Å². The molecule has 1 saturated carbocycles. The summed E-state index contributed by atoms with van der Waals surface area (Å²) in [5.41, 5.74) is 5.16. The summed E-state index contributed by atoms with van der Waals surface area (Å²) in [4.78, 5) is 37.5. The SMILES string of the molecule is O=C(O)OC1Cc2cccc(NC(=O)C(c3ccc(CN4N=C(c5ccc(Cl)cc5)OCC4=O)cc3)C3CCCC3)c2C1. The van der Waals surface area contributed by atoms with Crippen LogP contribution in [0.5, 0.6) is 0 Å². The van der Waals surface area contributed by atoms with Gasteiger partial charge in [-0.1, -0.05) is 60.8 Å². The fourth-order valence-corrected chi connectivity index (χ4v) is 6.48. The lowest BCUT2D eigenvalue weighted by Gasteiger charge is -2.25. The topological polar surface area (TPSA) is 118 Å². The van der Waals surface area contributed by atoms with Crippen molar-refractivity contribution in [2.24, 2.45) is 11.0 Å². The van der Waals surface area contributed by atoms with Crippen molar-refractivity contribution >= 4 is 41.2 Å². The van der Waals surface area contributed by atoms with Crippen molar-refractivity contribution in [3.63, 3.8) is 0 Å². The lowest BCUT2D eigenvalue weighted by Crippen LogP contribution is -2.36. The van der Waals surface area contributed by atoms with Crippen molar-refractivity contribution in [3.8, 4) is 0 Å². The van der Waals surface area contributed by atoms with Gasteiger partial charge < -0.3 is 19.9 Å². The van der Waals surface area contributed by atoms with E-state index in [1.54, 1.807) is 24.3 Å². The molecule has 3 aromatic carbocycles. The Bertz CT molecular complexity index is 1550. The zero-order valence-electron chi connectivity index (χ0n) is 23.5. The predicted molar refractivity (Wildman–Crippen MR) is 161 cm³/mol. The minimum absolute atomic E-state index is 0.0729. The number of carbonyl (C=O) groups excluding carboxylic acids is 2. The number of fused-ring (bicyclic) bond motifs is 1. The summed E-state index contributed by atoms with van der Waals surface area (Å²) in [7, 11) is 0. The van der Waals surface area contributed by atoms with Gasteiger partial charge in [0.05, 0.1) is 12.5 Å². The quantitative estimate of drug-likeness (QED) is 0.300. The van der Waals surface area contributed by atoms with Crippen LogP contribution >= 0.6 is 11.6 Å². The Kier molecular flexibility index (Phi) is 8.33. The van der Waals surface area contributed by atoms with Gasteiger partial charge in [0.2, 0.25) is 11.8 Å². The molecule has 0 saturated heterocycles. The van der Waals surface area contributed by atoms with E-state index >= 15 is 0 Å². The van der Waals surface area contributed by atoms with Gasteiger partial charge >= 0.3 is 6.16 Å². The van der Waals surface area contributed by atoms with Crippen LogP contribution < -0.4 is 5.32 Å². The Balaban J connectivity index is 1.19. The summed E-state index contributed by atoms with van der Waals surface area (Å²) in [6, 6.07) is 20.6. The van der Waals surface area contributed by atoms with E-state index in [9.17, 15) is 14.4 Å². The molecule has 3 aliphatic rings. The van der Waals surface area contributed by atoms with E-state index in [2.05, 4.69) is 10.4 Å². The molecular formula is C33H32ClN3O6. The molecule has 0 spiro atoms. The van der Waals surface area contributed by atoms with Crippen LogP contribution in [0.2, 0.25) is 5.02 Å². The van der Waals surface area contributed by atoms with Crippen LogP contribution in [-0.4, -0.2) is 46.7 Å². The van der Waals surface area contributed by atoms with E-state index in [4.69, 9.17) is 26.2 Å². The monoisotopic (exact) mass is 601 g/mol. The Morgan fingerprint density at radius 3 is 2.51 bits per heavy atom. The average Bonchev–Trinajstić information content (AvgIpc) is 3.66. The summed E-state index contributed by atoms with van der Waals surface area (Å²) in [5.74, 6) is -0.0656. The molecule has 10 heteroatoms. The molecule has 1 fully saturated rings. The smallest absolute Gasteiger partial charge is 0.466 e. The van der Waals surface area contributed by atoms with Gasteiger partial charge in [-0.15, -0.1) is 5.10 Å². The number of anilines is 1. The zero-order chi connectivity index (χ0) is 29.9. The number of carbonyl (C=O) groups is 3. The third-order valence-corrected chi connectivity index (χ3v) is 8.68. The number of benzene rings is 3. The van der Waals surface area contributed by atoms with Gasteiger partial charge in [-0.25, -0.2) is 9.80 Å². The lowest BCUT2D eigenvalue weighted by atomic mass is 9.83. The summed E-state index contributed by atoms with van der Waals surface area (Å²) in [6.45, 7) is 0.172. The van der Waals surface area contributed by atoms with Crippen LogP contribution in [0.25, 0.3) is 0 Å². The van der Waals surface area contributed by atoms with Crippen LogP contribution in [0.15, 0.2) is 71.8 Å². The molecule has 1 aliphatic heterocycles. The fourth-order valence-electron chi connectivity index (χ4n) is 6.35. The number of nitrogens with one attached hydrogen (secondary N) is 1. The highest BCUT2D eigenvalue weighted by Crippen LogP contribution is 2.39. The third-order valence-electron chi connectivity index (χ3n) is 8.43. The van der Waals surface area contributed by atoms with Gasteiger partial charge in [0, 0.05) is 29.1 Å². The van der Waals surface area contributed by atoms with Gasteiger partial charge in [0.15, 0.2) is 6.61 Å². The molecule has 0 aromatic heterocycles. The molecule has 0 bridgehead atoms. The van der Waals surface area contributed by atoms with Crippen molar-refractivity contribution in [2.75, 3.05) is 11.9 Å². The molecule has 6 rings (SSSR count). The van der Waals surface area contributed by atoms with E-state index in [1.165, 1.54) is 5.01 Å². The maximum absolute atomic E-state index is 13.9. The van der Waals surface area contributed by atoms with Crippen molar-refractivity contribution in [1.82, 2.24) is 5.01 Å². The normalized spacial score (nSPS) is 18.9. The van der Waals surface area contributed by atoms with Crippen LogP contribution in [0.1, 0.15) is 59.4 Å². The van der Waals surface area contributed by atoms with Crippen molar-refractivity contribution in [1.29, 1.82) is 0 Å². The average molecular weight is 602 g/mol. The van der Waals surface area contributed by atoms with E-state index in [0.717, 1.165) is 53.5 Å². The molecular weight excluding hydrogens is 570 g/mol. The minimum atomic E-state index is -1.29. The largest absolute Gasteiger partial charge is 0.506 e. The standard InChI is InChI=1S/C33H32ClN3O6/c34-25-14-12-23(13-15-25)32-36-37(29(38)19-42-32)18-20-8-10-22(11-9-20)30(21-4-1-2-5-21)31(39)35-28-7-3-6-24-16-26(17-27(24)28)43-33(40)41/h3,6-15,21,26,30H,1-2,4-5,16-19H2,(H,35,39)(H,40,41). The molecule has 2 N–H and O–H groups in total. The summed E-state index contributed by atoms with van der Waals surface area (Å²) < 4.78 is 10.6. The Labute approximate surface area is 254 Å². The zero-order valence-corrected chi connectivity index (χ0v) is 24.3. The predicted octanol–water partition coefficient (Wildman–Crippen LogP) is 6.13. The van der Waals surface area contributed by atoms with E-state index < -0.39 is 12.3 Å². The number of nitrogens with zero attached hydrogens (tertiary/aromatic N) is 2.